The summed E-state index contributed by atoms with van der Waals surface area (Å²) < 4.78 is 11.7. The van der Waals surface area contributed by atoms with Crippen LogP contribution in [0.15, 0.2) is 40.9 Å². The highest BCUT2D eigenvalue weighted by atomic mass is 79.9. The van der Waals surface area contributed by atoms with Gasteiger partial charge in [0.05, 0.1) is 13.7 Å². The maximum absolute atomic E-state index is 12.5. The Hall–Kier alpha value is -1.81. The van der Waals surface area contributed by atoms with Crippen molar-refractivity contribution in [1.29, 1.82) is 0 Å². The topological polar surface area (TPSA) is 35.5 Å². The van der Waals surface area contributed by atoms with Crippen molar-refractivity contribution in [3.05, 3.63) is 57.6 Å². The van der Waals surface area contributed by atoms with Crippen molar-refractivity contribution in [2.75, 3.05) is 13.7 Å². The number of carbonyl (C=O) groups excluding carboxylic acids is 1. The van der Waals surface area contributed by atoms with Gasteiger partial charge in [0, 0.05) is 28.4 Å². The van der Waals surface area contributed by atoms with Crippen molar-refractivity contribution in [3.63, 3.8) is 0 Å². The minimum atomic E-state index is 0.0844. The molecule has 1 aliphatic rings. The van der Waals surface area contributed by atoms with E-state index in [9.17, 15) is 4.79 Å². The molecule has 0 saturated carbocycles. The molecule has 0 radical (unpaired) electrons. The normalized spacial score (nSPS) is 12.7. The molecule has 0 atom stereocenters. The van der Waals surface area contributed by atoms with Crippen molar-refractivity contribution < 1.29 is 14.3 Å². The van der Waals surface area contributed by atoms with Crippen LogP contribution in [-0.4, -0.2) is 19.5 Å². The molecule has 0 aromatic heterocycles. The summed E-state index contributed by atoms with van der Waals surface area (Å²) in [7, 11) is 1.62. The number of Topliss-reactive ketones (excluding diaryl/α,β-unsaturated/α-hetero) is 1. The first-order chi connectivity index (χ1) is 10.2. The average molecular weight is 347 g/mol. The van der Waals surface area contributed by atoms with E-state index >= 15 is 0 Å². The Balaban J connectivity index is 1.85. The number of hydrogen-bond donors (Lipinski definition) is 0. The third-order valence-electron chi connectivity index (χ3n) is 3.60. The number of ether oxygens (including phenoxy) is 2. The maximum Gasteiger partial charge on any atom is 0.167 e. The van der Waals surface area contributed by atoms with Crippen molar-refractivity contribution in [2.45, 2.75) is 12.8 Å². The average Bonchev–Trinajstić information content (AvgIpc) is 2.94. The number of rotatable bonds is 4. The standard InChI is InChI=1S/C17H15BrO3/c1-20-16-5-3-14(18)9-13(16)10-15(19)11-2-4-17-12(8-11)6-7-21-17/h2-5,8-9H,6-7,10H2,1H3. The summed E-state index contributed by atoms with van der Waals surface area (Å²) >= 11 is 3.43. The zero-order valence-electron chi connectivity index (χ0n) is 11.7. The van der Waals surface area contributed by atoms with Gasteiger partial charge in [0.1, 0.15) is 11.5 Å². The quantitative estimate of drug-likeness (QED) is 0.789. The zero-order chi connectivity index (χ0) is 14.8. The van der Waals surface area contributed by atoms with E-state index in [-0.39, 0.29) is 5.78 Å². The molecule has 2 aromatic rings. The van der Waals surface area contributed by atoms with Crippen molar-refractivity contribution >= 4 is 21.7 Å². The molecule has 2 aromatic carbocycles. The van der Waals surface area contributed by atoms with E-state index in [0.717, 1.165) is 39.1 Å². The summed E-state index contributed by atoms with van der Waals surface area (Å²) in [6, 6.07) is 11.3. The summed E-state index contributed by atoms with van der Waals surface area (Å²) in [5.41, 5.74) is 2.72. The van der Waals surface area contributed by atoms with Crippen molar-refractivity contribution in [1.82, 2.24) is 0 Å². The van der Waals surface area contributed by atoms with Gasteiger partial charge in [-0.1, -0.05) is 15.9 Å². The molecule has 0 N–H and O–H groups in total. The van der Waals surface area contributed by atoms with E-state index in [0.29, 0.717) is 13.0 Å². The van der Waals surface area contributed by atoms with Gasteiger partial charge in [-0.15, -0.1) is 0 Å². The van der Waals surface area contributed by atoms with Crippen LogP contribution in [0, 0.1) is 0 Å². The van der Waals surface area contributed by atoms with E-state index in [1.807, 2.05) is 36.4 Å². The smallest absolute Gasteiger partial charge is 0.167 e. The molecular weight excluding hydrogens is 332 g/mol. The molecule has 0 bridgehead atoms. The Morgan fingerprint density at radius 2 is 2.14 bits per heavy atom. The second-order valence-electron chi connectivity index (χ2n) is 4.98. The van der Waals surface area contributed by atoms with Gasteiger partial charge in [0.15, 0.2) is 5.78 Å². The van der Waals surface area contributed by atoms with Crippen LogP contribution in [-0.2, 0) is 12.8 Å². The number of halogens is 1. The Labute approximate surface area is 132 Å². The molecular formula is C17H15BrO3. The molecule has 0 spiro atoms. The summed E-state index contributed by atoms with van der Waals surface area (Å²) in [5.74, 6) is 1.71. The molecule has 1 aliphatic heterocycles. The highest BCUT2D eigenvalue weighted by Gasteiger charge is 2.16. The monoisotopic (exact) mass is 346 g/mol. The van der Waals surface area contributed by atoms with E-state index in [2.05, 4.69) is 15.9 Å². The molecule has 0 saturated heterocycles. The second kappa shape index (κ2) is 5.90. The Bertz CT molecular complexity index is 694. The van der Waals surface area contributed by atoms with Gasteiger partial charge >= 0.3 is 0 Å². The Morgan fingerprint density at radius 3 is 2.95 bits per heavy atom. The lowest BCUT2D eigenvalue weighted by molar-refractivity contribution is 0.0992. The number of fused-ring (bicyclic) bond motifs is 1. The van der Waals surface area contributed by atoms with Crippen LogP contribution in [0.4, 0.5) is 0 Å². The van der Waals surface area contributed by atoms with Gasteiger partial charge in [-0.25, -0.2) is 0 Å². The van der Waals surface area contributed by atoms with E-state index in [4.69, 9.17) is 9.47 Å². The first kappa shape index (κ1) is 14.1. The molecule has 21 heavy (non-hydrogen) atoms. The second-order valence-corrected chi connectivity index (χ2v) is 5.89. The Kier molecular flexibility index (Phi) is 3.97. The largest absolute Gasteiger partial charge is 0.496 e. The number of hydrogen-bond acceptors (Lipinski definition) is 3. The van der Waals surface area contributed by atoms with Crippen LogP contribution in [0.2, 0.25) is 0 Å². The van der Waals surface area contributed by atoms with Crippen LogP contribution >= 0.6 is 15.9 Å². The third-order valence-corrected chi connectivity index (χ3v) is 4.10. The first-order valence-corrected chi connectivity index (χ1v) is 7.58. The highest BCUT2D eigenvalue weighted by molar-refractivity contribution is 9.10. The number of benzene rings is 2. The lowest BCUT2D eigenvalue weighted by atomic mass is 10.00. The molecule has 4 heteroatoms. The summed E-state index contributed by atoms with van der Waals surface area (Å²) in [4.78, 5) is 12.5. The van der Waals surface area contributed by atoms with Gasteiger partial charge in [-0.2, -0.15) is 0 Å². The SMILES string of the molecule is COc1ccc(Br)cc1CC(=O)c1ccc2c(c1)CCO2. The van der Waals surface area contributed by atoms with Crippen molar-refractivity contribution in [2.24, 2.45) is 0 Å². The summed E-state index contributed by atoms with van der Waals surface area (Å²) in [5, 5.41) is 0. The van der Waals surface area contributed by atoms with Crippen molar-refractivity contribution in [3.8, 4) is 11.5 Å². The lowest BCUT2D eigenvalue weighted by Gasteiger charge is -2.09. The van der Waals surface area contributed by atoms with E-state index in [1.54, 1.807) is 7.11 Å². The zero-order valence-corrected chi connectivity index (χ0v) is 13.3. The van der Waals surface area contributed by atoms with Crippen LogP contribution in [0.3, 0.4) is 0 Å². The fraction of sp³-hybridized carbons (Fsp3) is 0.235. The van der Waals surface area contributed by atoms with Gasteiger partial charge < -0.3 is 9.47 Å². The number of methoxy groups -OCH3 is 1. The highest BCUT2D eigenvalue weighted by Crippen LogP contribution is 2.28. The molecule has 0 fully saturated rings. The van der Waals surface area contributed by atoms with Gasteiger partial charge in [0.2, 0.25) is 0 Å². The fourth-order valence-corrected chi connectivity index (χ4v) is 2.93. The molecule has 3 nitrogen and oxygen atoms in total. The predicted molar refractivity (Wildman–Crippen MR) is 84.4 cm³/mol. The maximum atomic E-state index is 12.5. The molecule has 3 rings (SSSR count). The number of carbonyl (C=O) groups is 1. The predicted octanol–water partition coefficient (Wildman–Crippen LogP) is 3.82. The third kappa shape index (κ3) is 2.95. The fourth-order valence-electron chi connectivity index (χ4n) is 2.52. The molecule has 0 aliphatic carbocycles. The van der Waals surface area contributed by atoms with E-state index < -0.39 is 0 Å². The molecule has 1 heterocycles. The van der Waals surface area contributed by atoms with Crippen LogP contribution in [0.5, 0.6) is 11.5 Å². The van der Waals surface area contributed by atoms with Crippen LogP contribution in [0.1, 0.15) is 21.5 Å². The minimum absolute atomic E-state index is 0.0844. The molecule has 0 amide bonds. The van der Waals surface area contributed by atoms with Gasteiger partial charge in [-0.3, -0.25) is 4.79 Å². The molecule has 108 valence electrons. The van der Waals surface area contributed by atoms with Gasteiger partial charge in [-0.05, 0) is 42.0 Å². The first-order valence-electron chi connectivity index (χ1n) is 6.79. The molecule has 0 unspecified atom stereocenters. The van der Waals surface area contributed by atoms with Crippen LogP contribution in [0.25, 0.3) is 0 Å². The lowest BCUT2D eigenvalue weighted by Crippen LogP contribution is -2.05. The summed E-state index contributed by atoms with van der Waals surface area (Å²) in [6.07, 6.45) is 1.19. The Morgan fingerprint density at radius 1 is 1.29 bits per heavy atom. The van der Waals surface area contributed by atoms with Crippen LogP contribution < -0.4 is 9.47 Å². The van der Waals surface area contributed by atoms with E-state index in [1.165, 1.54) is 0 Å². The van der Waals surface area contributed by atoms with Gasteiger partial charge in [0.25, 0.3) is 0 Å². The summed E-state index contributed by atoms with van der Waals surface area (Å²) in [6.45, 7) is 0.701. The minimum Gasteiger partial charge on any atom is -0.496 e. The number of ketones is 1.